The maximum atomic E-state index is 9.30. The van der Waals surface area contributed by atoms with Crippen molar-refractivity contribution in [2.24, 2.45) is 0 Å². The summed E-state index contributed by atoms with van der Waals surface area (Å²) < 4.78 is 6.52. The lowest BCUT2D eigenvalue weighted by Gasteiger charge is -2.10. The van der Waals surface area contributed by atoms with Crippen LogP contribution in [0.4, 0.5) is 0 Å². The van der Waals surface area contributed by atoms with Gasteiger partial charge in [-0.15, -0.1) is 0 Å². The van der Waals surface area contributed by atoms with Gasteiger partial charge in [0, 0.05) is 16.2 Å². The zero-order chi connectivity index (χ0) is 13.8. The van der Waals surface area contributed by atoms with Gasteiger partial charge in [0.2, 0.25) is 5.88 Å². The highest BCUT2D eigenvalue weighted by atomic mass is 79.9. The number of ether oxygens (including phenoxy) is 1. The predicted molar refractivity (Wildman–Crippen MR) is 78.5 cm³/mol. The third-order valence-electron chi connectivity index (χ3n) is 2.82. The van der Waals surface area contributed by atoms with Crippen LogP contribution in [0.1, 0.15) is 30.9 Å². The first-order valence-corrected chi connectivity index (χ1v) is 6.92. The second-order valence-electron chi connectivity index (χ2n) is 4.60. The van der Waals surface area contributed by atoms with Gasteiger partial charge in [-0.2, -0.15) is 0 Å². The van der Waals surface area contributed by atoms with Crippen molar-refractivity contribution < 1.29 is 9.84 Å². The number of halogens is 1. The van der Waals surface area contributed by atoms with Crippen molar-refractivity contribution in [3.63, 3.8) is 0 Å². The van der Waals surface area contributed by atoms with Crippen molar-refractivity contribution in [1.82, 2.24) is 4.98 Å². The molecule has 2 aromatic rings. The number of nitrogens with zero attached hydrogens (tertiary/aromatic N) is 1. The number of aliphatic hydroxyl groups is 1. The molecule has 1 aromatic carbocycles. The normalized spacial score (nSPS) is 10.8. The minimum absolute atomic E-state index is 0.105. The Morgan fingerprint density at radius 3 is 2.53 bits per heavy atom. The fourth-order valence-corrected chi connectivity index (χ4v) is 2.08. The Balaban J connectivity index is 2.21. The molecule has 19 heavy (non-hydrogen) atoms. The van der Waals surface area contributed by atoms with Gasteiger partial charge in [0.15, 0.2) is 0 Å². The van der Waals surface area contributed by atoms with Gasteiger partial charge < -0.3 is 9.84 Å². The summed E-state index contributed by atoms with van der Waals surface area (Å²) in [6, 6.07) is 9.71. The van der Waals surface area contributed by atoms with Crippen LogP contribution in [0.25, 0.3) is 0 Å². The van der Waals surface area contributed by atoms with Crippen LogP contribution in [0, 0.1) is 0 Å². The molecule has 2 rings (SSSR count). The number of rotatable bonds is 4. The number of aliphatic hydroxyl groups excluding tert-OH is 1. The first-order chi connectivity index (χ1) is 9.10. The molecule has 0 atom stereocenters. The van der Waals surface area contributed by atoms with Gasteiger partial charge in [-0.3, -0.25) is 0 Å². The van der Waals surface area contributed by atoms with Crippen LogP contribution in [0.2, 0.25) is 0 Å². The Kier molecular flexibility index (Phi) is 4.56. The van der Waals surface area contributed by atoms with E-state index in [1.807, 2.05) is 24.3 Å². The summed E-state index contributed by atoms with van der Waals surface area (Å²) in [5.41, 5.74) is 1.92. The molecule has 100 valence electrons. The highest BCUT2D eigenvalue weighted by Gasteiger charge is 2.07. The first kappa shape index (κ1) is 14.0. The van der Waals surface area contributed by atoms with E-state index >= 15 is 0 Å². The minimum Gasteiger partial charge on any atom is -0.439 e. The van der Waals surface area contributed by atoms with E-state index < -0.39 is 0 Å². The Bertz CT molecular complexity index is 553. The second-order valence-corrected chi connectivity index (χ2v) is 5.52. The molecule has 1 N–H and O–H groups in total. The Morgan fingerprint density at radius 2 is 1.95 bits per heavy atom. The molecule has 1 heterocycles. The Labute approximate surface area is 121 Å². The molecule has 1 aromatic heterocycles. The molecule has 0 aliphatic carbocycles. The molecule has 0 radical (unpaired) electrons. The smallest absolute Gasteiger partial charge is 0.224 e. The van der Waals surface area contributed by atoms with Crippen molar-refractivity contribution in [1.29, 1.82) is 0 Å². The number of pyridine rings is 1. The summed E-state index contributed by atoms with van der Waals surface area (Å²) in [5.74, 6) is 1.64. The Morgan fingerprint density at radius 1 is 1.26 bits per heavy atom. The zero-order valence-corrected chi connectivity index (χ0v) is 12.5. The maximum absolute atomic E-state index is 9.30. The standard InChI is InChI=1S/C15H16BrNO2/c1-10(2)11-3-5-14(6-4-11)19-15-12(9-18)7-13(16)8-17-15/h3-8,10,18H,9H2,1-2H3. The quantitative estimate of drug-likeness (QED) is 0.915. The van der Waals surface area contributed by atoms with Crippen LogP contribution < -0.4 is 4.74 Å². The number of hydrogen-bond acceptors (Lipinski definition) is 3. The van der Waals surface area contributed by atoms with Gasteiger partial charge >= 0.3 is 0 Å². The van der Waals surface area contributed by atoms with Crippen LogP contribution in [0.3, 0.4) is 0 Å². The first-order valence-electron chi connectivity index (χ1n) is 6.13. The summed E-state index contributed by atoms with van der Waals surface area (Å²) in [5, 5.41) is 9.30. The van der Waals surface area contributed by atoms with Gasteiger partial charge in [-0.05, 0) is 45.6 Å². The molecule has 3 nitrogen and oxygen atoms in total. The van der Waals surface area contributed by atoms with E-state index in [0.29, 0.717) is 23.1 Å². The summed E-state index contributed by atoms with van der Waals surface area (Å²) in [6.07, 6.45) is 1.65. The van der Waals surface area contributed by atoms with Gasteiger partial charge in [-0.1, -0.05) is 26.0 Å². The number of hydrogen-bond donors (Lipinski definition) is 1. The maximum Gasteiger partial charge on any atom is 0.224 e. The van der Waals surface area contributed by atoms with Gasteiger partial charge in [0.05, 0.1) is 6.61 Å². The Hall–Kier alpha value is -1.39. The zero-order valence-electron chi connectivity index (χ0n) is 10.9. The summed E-state index contributed by atoms with van der Waals surface area (Å²) in [4.78, 5) is 4.17. The van der Waals surface area contributed by atoms with Crippen LogP contribution in [-0.4, -0.2) is 10.1 Å². The van der Waals surface area contributed by atoms with E-state index in [0.717, 1.165) is 4.47 Å². The molecule has 0 unspecified atom stereocenters. The molecular formula is C15H16BrNO2. The average molecular weight is 322 g/mol. The van der Waals surface area contributed by atoms with Crippen molar-refractivity contribution >= 4 is 15.9 Å². The number of aromatic nitrogens is 1. The van der Waals surface area contributed by atoms with E-state index in [9.17, 15) is 5.11 Å². The van der Waals surface area contributed by atoms with E-state index in [1.165, 1.54) is 5.56 Å². The molecule has 4 heteroatoms. The molecule has 0 saturated heterocycles. The van der Waals surface area contributed by atoms with Crippen molar-refractivity contribution in [2.75, 3.05) is 0 Å². The van der Waals surface area contributed by atoms with Crippen molar-refractivity contribution in [2.45, 2.75) is 26.4 Å². The van der Waals surface area contributed by atoms with E-state index in [2.05, 4.69) is 34.8 Å². The largest absolute Gasteiger partial charge is 0.439 e. The molecule has 0 spiro atoms. The minimum atomic E-state index is -0.105. The lowest BCUT2D eigenvalue weighted by Crippen LogP contribution is -1.95. The van der Waals surface area contributed by atoms with Crippen LogP contribution >= 0.6 is 15.9 Å². The summed E-state index contributed by atoms with van der Waals surface area (Å²) in [6.45, 7) is 4.19. The summed E-state index contributed by atoms with van der Waals surface area (Å²) >= 11 is 3.32. The molecular weight excluding hydrogens is 306 g/mol. The second kappa shape index (κ2) is 6.17. The molecule has 0 aliphatic rings. The fraction of sp³-hybridized carbons (Fsp3) is 0.267. The molecule has 0 saturated carbocycles. The topological polar surface area (TPSA) is 42.4 Å². The van der Waals surface area contributed by atoms with Gasteiger partial charge in [0.25, 0.3) is 0 Å². The molecule has 0 aliphatic heterocycles. The average Bonchev–Trinajstić information content (AvgIpc) is 2.41. The van der Waals surface area contributed by atoms with Crippen LogP contribution in [0.15, 0.2) is 41.0 Å². The van der Waals surface area contributed by atoms with Gasteiger partial charge in [-0.25, -0.2) is 4.98 Å². The third-order valence-corrected chi connectivity index (χ3v) is 3.26. The highest BCUT2D eigenvalue weighted by Crippen LogP contribution is 2.26. The van der Waals surface area contributed by atoms with Crippen LogP contribution in [0.5, 0.6) is 11.6 Å². The molecule has 0 amide bonds. The fourth-order valence-electron chi connectivity index (χ4n) is 1.71. The SMILES string of the molecule is CC(C)c1ccc(Oc2ncc(Br)cc2CO)cc1. The van der Waals surface area contributed by atoms with Crippen molar-refractivity contribution in [3.8, 4) is 11.6 Å². The lowest BCUT2D eigenvalue weighted by atomic mass is 10.0. The summed E-state index contributed by atoms with van der Waals surface area (Å²) in [7, 11) is 0. The monoisotopic (exact) mass is 321 g/mol. The third kappa shape index (κ3) is 3.55. The van der Waals surface area contributed by atoms with E-state index in [1.54, 1.807) is 12.3 Å². The van der Waals surface area contributed by atoms with E-state index in [4.69, 9.17) is 4.74 Å². The lowest BCUT2D eigenvalue weighted by molar-refractivity contribution is 0.275. The molecule has 0 bridgehead atoms. The van der Waals surface area contributed by atoms with Crippen molar-refractivity contribution in [3.05, 3.63) is 52.1 Å². The predicted octanol–water partition coefficient (Wildman–Crippen LogP) is 4.25. The van der Waals surface area contributed by atoms with E-state index in [-0.39, 0.29) is 6.61 Å². The highest BCUT2D eigenvalue weighted by molar-refractivity contribution is 9.10. The number of benzene rings is 1. The van der Waals surface area contributed by atoms with Crippen LogP contribution in [-0.2, 0) is 6.61 Å². The van der Waals surface area contributed by atoms with Gasteiger partial charge in [0.1, 0.15) is 5.75 Å². The molecule has 0 fully saturated rings.